The molecule has 1 fully saturated rings. The third kappa shape index (κ3) is 3.11. The number of carbonyl (C=O) groups excluding carboxylic acids is 1. The number of carbonyl (C=O) groups is 2. The second-order valence-corrected chi connectivity index (χ2v) is 6.82. The summed E-state index contributed by atoms with van der Waals surface area (Å²) in [5.41, 5.74) is -1.18. The van der Waals surface area contributed by atoms with E-state index in [0.717, 1.165) is 24.6 Å². The van der Waals surface area contributed by atoms with Crippen molar-refractivity contribution in [1.82, 2.24) is 9.58 Å². The molecule has 1 atom stereocenters. The first-order chi connectivity index (χ1) is 13.5. The molecule has 10 heteroatoms. The lowest BCUT2D eigenvalue weighted by molar-refractivity contribution is 0.0454. The monoisotopic (exact) mass is 389 g/mol. The van der Waals surface area contributed by atoms with E-state index >= 15 is 0 Å². The number of aromatic nitrogens is 1. The molecule has 28 heavy (non-hydrogen) atoms. The summed E-state index contributed by atoms with van der Waals surface area (Å²) >= 11 is 0. The smallest absolute Gasteiger partial charge is 0.341 e. The predicted octanol–water partition coefficient (Wildman–Crippen LogP) is 0.576. The van der Waals surface area contributed by atoms with Crippen molar-refractivity contribution in [2.45, 2.75) is 25.5 Å². The van der Waals surface area contributed by atoms with Crippen molar-refractivity contribution < 1.29 is 29.0 Å². The van der Waals surface area contributed by atoms with Crippen LogP contribution in [0.3, 0.4) is 0 Å². The Balaban J connectivity index is 1.77. The van der Waals surface area contributed by atoms with Gasteiger partial charge in [-0.15, -0.1) is 0 Å². The van der Waals surface area contributed by atoms with E-state index in [1.165, 1.54) is 22.1 Å². The van der Waals surface area contributed by atoms with Gasteiger partial charge in [0, 0.05) is 24.9 Å². The van der Waals surface area contributed by atoms with Gasteiger partial charge >= 0.3 is 5.97 Å². The summed E-state index contributed by atoms with van der Waals surface area (Å²) < 4.78 is 11.9. The van der Waals surface area contributed by atoms with Crippen molar-refractivity contribution in [3.8, 4) is 5.75 Å². The van der Waals surface area contributed by atoms with Gasteiger partial charge in [-0.1, -0.05) is 0 Å². The number of nitrogens with zero attached hydrogens (tertiary/aromatic N) is 3. The summed E-state index contributed by atoms with van der Waals surface area (Å²) in [7, 11) is 0. The van der Waals surface area contributed by atoms with Gasteiger partial charge in [0.1, 0.15) is 12.2 Å². The van der Waals surface area contributed by atoms with E-state index in [9.17, 15) is 24.6 Å². The van der Waals surface area contributed by atoms with Crippen molar-refractivity contribution in [1.29, 1.82) is 0 Å². The molecule has 2 aliphatic heterocycles. The molecular formula is C18H19N3O7. The summed E-state index contributed by atoms with van der Waals surface area (Å²) in [6.07, 6.45) is 5.72. The highest BCUT2D eigenvalue weighted by Crippen LogP contribution is 2.24. The molecule has 2 aliphatic rings. The zero-order valence-corrected chi connectivity index (χ0v) is 14.9. The first-order valence-corrected chi connectivity index (χ1v) is 8.85. The summed E-state index contributed by atoms with van der Waals surface area (Å²) in [4.78, 5) is 38.1. The largest absolute Gasteiger partial charge is 0.502 e. The summed E-state index contributed by atoms with van der Waals surface area (Å²) in [6.45, 7) is 1.36. The van der Waals surface area contributed by atoms with Gasteiger partial charge in [-0.3, -0.25) is 19.3 Å². The molecule has 2 N–H and O–H groups in total. The number of rotatable bonds is 5. The normalized spacial score (nSPS) is 19.1. The van der Waals surface area contributed by atoms with Crippen molar-refractivity contribution in [2.75, 3.05) is 24.8 Å². The van der Waals surface area contributed by atoms with E-state index in [2.05, 4.69) is 0 Å². The van der Waals surface area contributed by atoms with Crippen LogP contribution in [0.2, 0.25) is 0 Å². The number of aromatic hydroxyl groups is 1. The Kier molecular flexibility index (Phi) is 4.55. The van der Waals surface area contributed by atoms with Gasteiger partial charge in [-0.05, 0) is 18.9 Å². The van der Waals surface area contributed by atoms with Gasteiger partial charge in [-0.25, -0.2) is 4.79 Å². The number of furan rings is 1. The fourth-order valence-electron chi connectivity index (χ4n) is 3.54. The van der Waals surface area contributed by atoms with Crippen LogP contribution in [-0.4, -0.2) is 57.6 Å². The number of amides is 1. The number of fused-ring (bicyclic) bond motifs is 1. The number of hydrogen-bond acceptors (Lipinski definition) is 7. The predicted molar refractivity (Wildman–Crippen MR) is 94.8 cm³/mol. The Hall–Kier alpha value is -3.27. The average molecular weight is 389 g/mol. The molecule has 4 heterocycles. The van der Waals surface area contributed by atoms with Crippen molar-refractivity contribution in [3.63, 3.8) is 0 Å². The quantitative estimate of drug-likeness (QED) is 0.761. The zero-order valence-electron chi connectivity index (χ0n) is 14.9. The number of ether oxygens (including phenoxy) is 1. The molecule has 0 saturated carbocycles. The number of carboxylic acids is 1. The maximum Gasteiger partial charge on any atom is 0.341 e. The molecule has 148 valence electrons. The average Bonchev–Trinajstić information content (AvgIpc) is 3.35. The molecule has 0 unspecified atom stereocenters. The number of hydrogen-bond donors (Lipinski definition) is 2. The Labute approximate surface area is 159 Å². The minimum atomic E-state index is -1.48. The highest BCUT2D eigenvalue weighted by molar-refractivity contribution is 5.97. The lowest BCUT2D eigenvalue weighted by atomic mass is 10.1. The molecule has 0 spiro atoms. The fraction of sp³-hybridized carbons (Fsp3) is 0.389. The van der Waals surface area contributed by atoms with Crippen LogP contribution in [0.1, 0.15) is 39.3 Å². The molecule has 0 bridgehead atoms. The molecular weight excluding hydrogens is 370 g/mol. The van der Waals surface area contributed by atoms with E-state index < -0.39 is 28.6 Å². The van der Waals surface area contributed by atoms with Crippen LogP contribution in [0.5, 0.6) is 5.75 Å². The molecule has 4 rings (SSSR count). The molecule has 0 aliphatic carbocycles. The van der Waals surface area contributed by atoms with Gasteiger partial charge in [-0.2, -0.15) is 0 Å². The molecule has 0 radical (unpaired) electrons. The molecule has 0 aromatic carbocycles. The minimum absolute atomic E-state index is 0.113. The van der Waals surface area contributed by atoms with Crippen LogP contribution in [0.25, 0.3) is 0 Å². The topological polar surface area (TPSA) is 125 Å². The van der Waals surface area contributed by atoms with E-state index in [4.69, 9.17) is 9.15 Å². The van der Waals surface area contributed by atoms with E-state index in [1.54, 1.807) is 11.1 Å². The van der Waals surface area contributed by atoms with Crippen LogP contribution in [0.4, 0.5) is 0 Å². The van der Waals surface area contributed by atoms with Crippen molar-refractivity contribution in [2.24, 2.45) is 0 Å². The maximum atomic E-state index is 13.0. The lowest BCUT2D eigenvalue weighted by Crippen LogP contribution is -2.55. The minimum Gasteiger partial charge on any atom is -0.502 e. The van der Waals surface area contributed by atoms with Crippen LogP contribution in [-0.2, 0) is 11.3 Å². The van der Waals surface area contributed by atoms with E-state index in [-0.39, 0.29) is 25.0 Å². The van der Waals surface area contributed by atoms with Gasteiger partial charge in [0.2, 0.25) is 5.43 Å². The third-order valence-electron chi connectivity index (χ3n) is 4.92. The molecule has 2 aromatic rings. The van der Waals surface area contributed by atoms with Gasteiger partial charge < -0.3 is 24.3 Å². The Morgan fingerprint density at radius 2 is 2.14 bits per heavy atom. The fourth-order valence-corrected chi connectivity index (χ4v) is 3.54. The number of aromatic carboxylic acids is 1. The molecule has 1 saturated heterocycles. The highest BCUT2D eigenvalue weighted by atomic mass is 16.5. The Morgan fingerprint density at radius 1 is 1.32 bits per heavy atom. The molecule has 2 aromatic heterocycles. The summed E-state index contributed by atoms with van der Waals surface area (Å²) in [5.74, 6) is -2.90. The van der Waals surface area contributed by atoms with Gasteiger partial charge in [0.25, 0.3) is 5.91 Å². The van der Waals surface area contributed by atoms with Gasteiger partial charge in [0.15, 0.2) is 11.4 Å². The standard InChI is InChI=1S/C18H19N3O7/c22-15-13(18(25)26)8-21-14(16(15)23)17(24)19(7-12-2-1-4-28-12)10-20(21)6-11-3-5-27-9-11/h3,5,8-9,12,23H,1-2,4,6-7,10H2,(H,25,26)/t12-/m1/s1. The summed E-state index contributed by atoms with van der Waals surface area (Å²) in [6, 6.07) is 1.74. The summed E-state index contributed by atoms with van der Waals surface area (Å²) in [5, 5.41) is 21.3. The Bertz CT molecular complexity index is 960. The van der Waals surface area contributed by atoms with Gasteiger partial charge in [0.05, 0.1) is 25.2 Å². The molecule has 1 amide bonds. The van der Waals surface area contributed by atoms with Crippen LogP contribution >= 0.6 is 0 Å². The lowest BCUT2D eigenvalue weighted by Gasteiger charge is -2.40. The zero-order chi connectivity index (χ0) is 19.8. The first kappa shape index (κ1) is 18.1. The van der Waals surface area contributed by atoms with Crippen LogP contribution in [0, 0.1) is 0 Å². The maximum absolute atomic E-state index is 13.0. The second kappa shape index (κ2) is 7.04. The Morgan fingerprint density at radius 3 is 2.79 bits per heavy atom. The molecule has 10 nitrogen and oxygen atoms in total. The van der Waals surface area contributed by atoms with Crippen LogP contribution < -0.4 is 10.4 Å². The SMILES string of the molecule is O=C(O)c1cn2c(c(O)c1=O)C(=O)N(C[C@H]1CCCO1)CN2Cc1ccoc1. The number of carboxylic acid groups (broad SMARTS) is 1. The van der Waals surface area contributed by atoms with Crippen molar-refractivity contribution in [3.05, 3.63) is 51.8 Å². The number of pyridine rings is 1. The van der Waals surface area contributed by atoms with Crippen LogP contribution in [0.15, 0.2) is 34.0 Å². The van der Waals surface area contributed by atoms with Crippen molar-refractivity contribution >= 4 is 11.9 Å². The highest BCUT2D eigenvalue weighted by Gasteiger charge is 2.36. The third-order valence-corrected chi connectivity index (χ3v) is 4.92. The first-order valence-electron chi connectivity index (χ1n) is 8.85. The second-order valence-electron chi connectivity index (χ2n) is 6.82. The van der Waals surface area contributed by atoms with E-state index in [1.807, 2.05) is 0 Å². The van der Waals surface area contributed by atoms with E-state index in [0.29, 0.717) is 13.2 Å².